The molecule has 1 aliphatic rings. The smallest absolute Gasteiger partial charge is 0.0402 e. The number of para-hydroxylation sites is 1. The molecular formula is C14H22N2. The van der Waals surface area contributed by atoms with E-state index in [1.165, 1.54) is 37.1 Å². The Morgan fingerprint density at radius 2 is 2.19 bits per heavy atom. The molecule has 0 aromatic heterocycles. The van der Waals surface area contributed by atoms with Gasteiger partial charge in [0.1, 0.15) is 0 Å². The molecule has 1 aromatic carbocycles. The molecule has 1 unspecified atom stereocenters. The van der Waals surface area contributed by atoms with Gasteiger partial charge in [-0.25, -0.2) is 0 Å². The second-order valence-electron chi connectivity index (χ2n) is 4.57. The summed E-state index contributed by atoms with van der Waals surface area (Å²) in [5.41, 5.74) is 2.99. The van der Waals surface area contributed by atoms with Crippen LogP contribution in [-0.4, -0.2) is 26.2 Å². The number of nitrogens with zero attached hydrogens (tertiary/aromatic N) is 1. The van der Waals surface area contributed by atoms with Gasteiger partial charge in [0.25, 0.3) is 0 Å². The van der Waals surface area contributed by atoms with Crippen molar-refractivity contribution >= 4 is 5.69 Å². The Hall–Kier alpha value is -1.02. The zero-order chi connectivity index (χ0) is 11.4. The molecule has 2 heteroatoms. The molecule has 1 aromatic rings. The summed E-state index contributed by atoms with van der Waals surface area (Å²) in [4.78, 5) is 2.59. The Morgan fingerprint density at radius 3 is 2.94 bits per heavy atom. The number of hydrogen-bond donors (Lipinski definition) is 1. The molecule has 16 heavy (non-hydrogen) atoms. The van der Waals surface area contributed by atoms with E-state index in [0.717, 1.165) is 6.54 Å². The molecule has 0 radical (unpaired) electrons. The first-order valence-electron chi connectivity index (χ1n) is 6.36. The van der Waals surface area contributed by atoms with Crippen LogP contribution in [-0.2, 0) is 6.42 Å². The highest BCUT2D eigenvalue weighted by Gasteiger charge is 2.27. The van der Waals surface area contributed by atoms with Crippen LogP contribution in [0.25, 0.3) is 0 Å². The lowest BCUT2D eigenvalue weighted by molar-refractivity contribution is 0.555. The van der Waals surface area contributed by atoms with Gasteiger partial charge >= 0.3 is 0 Å². The Labute approximate surface area is 98.7 Å². The Kier molecular flexibility index (Phi) is 3.83. The van der Waals surface area contributed by atoms with Gasteiger partial charge in [-0.3, -0.25) is 0 Å². The van der Waals surface area contributed by atoms with Crippen LogP contribution in [0.15, 0.2) is 24.3 Å². The van der Waals surface area contributed by atoms with Gasteiger partial charge in [0.2, 0.25) is 0 Å². The van der Waals surface area contributed by atoms with Gasteiger partial charge in [-0.1, -0.05) is 25.1 Å². The van der Waals surface area contributed by atoms with E-state index in [2.05, 4.69) is 41.4 Å². The quantitative estimate of drug-likeness (QED) is 0.816. The SMILES string of the molecule is CCCN1c2ccccc2CC1CCNC. The number of hydrogen-bond acceptors (Lipinski definition) is 2. The molecule has 1 atom stereocenters. The van der Waals surface area contributed by atoms with Gasteiger partial charge in [0, 0.05) is 18.3 Å². The molecule has 2 nitrogen and oxygen atoms in total. The van der Waals surface area contributed by atoms with Crippen LogP contribution in [0.5, 0.6) is 0 Å². The second kappa shape index (κ2) is 5.35. The average Bonchev–Trinajstić information content (AvgIpc) is 2.66. The van der Waals surface area contributed by atoms with E-state index in [4.69, 9.17) is 0 Å². The van der Waals surface area contributed by atoms with Gasteiger partial charge in [0.05, 0.1) is 0 Å². The lowest BCUT2D eigenvalue weighted by Crippen LogP contribution is -2.34. The first-order chi connectivity index (χ1) is 7.86. The summed E-state index contributed by atoms with van der Waals surface area (Å²) in [5.74, 6) is 0. The van der Waals surface area contributed by atoms with Crippen LogP contribution in [0.1, 0.15) is 25.3 Å². The zero-order valence-electron chi connectivity index (χ0n) is 10.4. The fourth-order valence-electron chi connectivity index (χ4n) is 2.64. The van der Waals surface area contributed by atoms with Crippen molar-refractivity contribution in [3.8, 4) is 0 Å². The third-order valence-corrected chi connectivity index (χ3v) is 3.39. The number of anilines is 1. The monoisotopic (exact) mass is 218 g/mol. The first-order valence-corrected chi connectivity index (χ1v) is 6.36. The van der Waals surface area contributed by atoms with Gasteiger partial charge < -0.3 is 10.2 Å². The Balaban J connectivity index is 2.13. The Bertz CT molecular complexity index is 335. The van der Waals surface area contributed by atoms with Gasteiger partial charge in [-0.15, -0.1) is 0 Å². The summed E-state index contributed by atoms with van der Waals surface area (Å²) in [6.07, 6.45) is 3.69. The second-order valence-corrected chi connectivity index (χ2v) is 4.57. The maximum Gasteiger partial charge on any atom is 0.0402 e. The van der Waals surface area contributed by atoms with Gasteiger partial charge in [-0.2, -0.15) is 0 Å². The third-order valence-electron chi connectivity index (χ3n) is 3.39. The van der Waals surface area contributed by atoms with Gasteiger partial charge in [-0.05, 0) is 44.5 Å². The molecule has 0 amide bonds. The van der Waals surface area contributed by atoms with Crippen molar-refractivity contribution in [2.45, 2.75) is 32.2 Å². The van der Waals surface area contributed by atoms with Crippen LogP contribution < -0.4 is 10.2 Å². The molecule has 0 fully saturated rings. The van der Waals surface area contributed by atoms with Crippen LogP contribution in [0, 0.1) is 0 Å². The lowest BCUT2D eigenvalue weighted by atomic mass is 10.1. The van der Waals surface area contributed by atoms with Crippen LogP contribution >= 0.6 is 0 Å². The molecule has 1 heterocycles. The maximum atomic E-state index is 3.26. The topological polar surface area (TPSA) is 15.3 Å². The molecule has 0 aliphatic carbocycles. The van der Waals surface area contributed by atoms with E-state index in [1.807, 2.05) is 7.05 Å². The molecule has 0 saturated carbocycles. The predicted octanol–water partition coefficient (Wildman–Crippen LogP) is 2.44. The predicted molar refractivity (Wildman–Crippen MR) is 70.1 cm³/mol. The summed E-state index contributed by atoms with van der Waals surface area (Å²) in [6, 6.07) is 9.55. The van der Waals surface area contributed by atoms with Crippen molar-refractivity contribution in [2.75, 3.05) is 25.0 Å². The molecule has 0 saturated heterocycles. The van der Waals surface area contributed by atoms with E-state index < -0.39 is 0 Å². The van der Waals surface area contributed by atoms with Crippen molar-refractivity contribution in [2.24, 2.45) is 0 Å². The Morgan fingerprint density at radius 1 is 1.38 bits per heavy atom. The molecule has 88 valence electrons. The van der Waals surface area contributed by atoms with E-state index in [0.29, 0.717) is 6.04 Å². The highest BCUT2D eigenvalue weighted by Crippen LogP contribution is 2.33. The number of fused-ring (bicyclic) bond motifs is 1. The minimum absolute atomic E-state index is 0.699. The minimum atomic E-state index is 0.699. The number of nitrogens with one attached hydrogen (secondary N) is 1. The van der Waals surface area contributed by atoms with Crippen molar-refractivity contribution in [3.63, 3.8) is 0 Å². The first kappa shape index (κ1) is 11.5. The summed E-state index contributed by atoms with van der Waals surface area (Å²) in [5, 5.41) is 3.26. The van der Waals surface area contributed by atoms with Crippen molar-refractivity contribution in [1.29, 1.82) is 0 Å². The van der Waals surface area contributed by atoms with E-state index >= 15 is 0 Å². The molecule has 2 rings (SSSR count). The fraction of sp³-hybridized carbons (Fsp3) is 0.571. The van der Waals surface area contributed by atoms with Crippen molar-refractivity contribution in [1.82, 2.24) is 5.32 Å². The largest absolute Gasteiger partial charge is 0.368 e. The zero-order valence-corrected chi connectivity index (χ0v) is 10.4. The van der Waals surface area contributed by atoms with Crippen molar-refractivity contribution in [3.05, 3.63) is 29.8 Å². The van der Waals surface area contributed by atoms with E-state index in [-0.39, 0.29) is 0 Å². The summed E-state index contributed by atoms with van der Waals surface area (Å²) < 4.78 is 0. The minimum Gasteiger partial charge on any atom is -0.368 e. The van der Waals surface area contributed by atoms with Crippen molar-refractivity contribution < 1.29 is 0 Å². The van der Waals surface area contributed by atoms with E-state index in [9.17, 15) is 0 Å². The number of rotatable bonds is 5. The van der Waals surface area contributed by atoms with Crippen LogP contribution in [0.4, 0.5) is 5.69 Å². The van der Waals surface area contributed by atoms with E-state index in [1.54, 1.807) is 0 Å². The third kappa shape index (κ3) is 2.22. The maximum absolute atomic E-state index is 3.26. The van der Waals surface area contributed by atoms with Crippen LogP contribution in [0.3, 0.4) is 0 Å². The molecule has 0 bridgehead atoms. The van der Waals surface area contributed by atoms with Crippen LogP contribution in [0.2, 0.25) is 0 Å². The number of benzene rings is 1. The molecule has 1 N–H and O–H groups in total. The summed E-state index contributed by atoms with van der Waals surface area (Å²) in [7, 11) is 2.03. The molecule has 1 aliphatic heterocycles. The lowest BCUT2D eigenvalue weighted by Gasteiger charge is -2.27. The molecular weight excluding hydrogens is 196 g/mol. The molecule has 0 spiro atoms. The highest BCUT2D eigenvalue weighted by atomic mass is 15.2. The average molecular weight is 218 g/mol. The fourth-order valence-corrected chi connectivity index (χ4v) is 2.64. The normalized spacial score (nSPS) is 18.9. The summed E-state index contributed by atoms with van der Waals surface area (Å²) in [6.45, 7) is 4.56. The van der Waals surface area contributed by atoms with Gasteiger partial charge in [0.15, 0.2) is 0 Å². The highest BCUT2D eigenvalue weighted by molar-refractivity contribution is 5.59. The standard InChI is InChI=1S/C14H22N2/c1-3-10-16-13(8-9-15-2)11-12-6-4-5-7-14(12)16/h4-7,13,15H,3,8-11H2,1-2H3. The summed E-state index contributed by atoms with van der Waals surface area (Å²) >= 11 is 0.